The van der Waals surface area contributed by atoms with Crippen molar-refractivity contribution in [1.29, 1.82) is 0 Å². The Morgan fingerprint density at radius 1 is 1.60 bits per heavy atom. The number of aliphatic hydroxyl groups excluding tert-OH is 1. The Hall–Kier alpha value is -0.0600. The van der Waals surface area contributed by atoms with Gasteiger partial charge in [0, 0.05) is 5.92 Å². The Kier molecular flexibility index (Phi) is 1.47. The molecule has 0 saturated heterocycles. The van der Waals surface area contributed by atoms with Crippen LogP contribution in [0.2, 0.25) is 0 Å². The molecule has 0 aromatic rings. The van der Waals surface area contributed by atoms with Gasteiger partial charge < -0.3 is 10.8 Å². The highest BCUT2D eigenvalue weighted by Crippen LogP contribution is 2.39. The summed E-state index contributed by atoms with van der Waals surface area (Å²) in [6.45, 7) is 0. The Labute approximate surface area is 63.7 Å². The van der Waals surface area contributed by atoms with E-state index in [-0.39, 0.29) is 5.37 Å². The van der Waals surface area contributed by atoms with Crippen LogP contribution in [0.1, 0.15) is 12.8 Å². The third kappa shape index (κ3) is 1.07. The van der Waals surface area contributed by atoms with Crippen molar-refractivity contribution in [3.63, 3.8) is 0 Å². The highest BCUT2D eigenvalue weighted by molar-refractivity contribution is 8.14. The van der Waals surface area contributed by atoms with Crippen LogP contribution in [0.4, 0.5) is 0 Å². The van der Waals surface area contributed by atoms with Crippen LogP contribution in [0.5, 0.6) is 0 Å². The van der Waals surface area contributed by atoms with Gasteiger partial charge in [-0.15, -0.1) is 0 Å². The molecular weight excluding hydrogens is 148 g/mol. The fourth-order valence-electron chi connectivity index (χ4n) is 0.966. The van der Waals surface area contributed by atoms with E-state index in [4.69, 9.17) is 10.8 Å². The first kappa shape index (κ1) is 6.64. The second-order valence-corrected chi connectivity index (χ2v) is 3.94. The lowest BCUT2D eigenvalue weighted by molar-refractivity contribution is 0.186. The molecule has 0 bridgehead atoms. The zero-order chi connectivity index (χ0) is 7.14. The molecule has 2 unspecified atom stereocenters. The zero-order valence-corrected chi connectivity index (χ0v) is 6.34. The van der Waals surface area contributed by atoms with Gasteiger partial charge in [0.05, 0.1) is 5.04 Å². The number of aliphatic imine (C=N–C) groups is 1. The zero-order valence-electron chi connectivity index (χ0n) is 5.53. The topological polar surface area (TPSA) is 58.6 Å². The fourth-order valence-corrected chi connectivity index (χ4v) is 2.02. The first-order valence-corrected chi connectivity index (χ1v) is 4.33. The number of nitrogens with two attached hydrogens (primary N) is 1. The molecule has 1 aliphatic heterocycles. The maximum Gasteiger partial charge on any atom is 0.170 e. The number of thioether (sulfide) groups is 1. The lowest BCUT2D eigenvalue weighted by atomic mass is 10.5. The van der Waals surface area contributed by atoms with E-state index >= 15 is 0 Å². The van der Waals surface area contributed by atoms with Gasteiger partial charge in [0.2, 0.25) is 0 Å². The van der Waals surface area contributed by atoms with Crippen LogP contribution in [0.3, 0.4) is 0 Å². The van der Waals surface area contributed by atoms with Crippen LogP contribution in [0.25, 0.3) is 0 Å². The molecule has 0 spiro atoms. The van der Waals surface area contributed by atoms with Gasteiger partial charge in [-0.1, -0.05) is 11.8 Å². The van der Waals surface area contributed by atoms with Crippen LogP contribution in [0.15, 0.2) is 4.99 Å². The number of nitrogens with zero attached hydrogens (tertiary/aromatic N) is 1. The molecule has 10 heavy (non-hydrogen) atoms. The molecule has 0 radical (unpaired) electrons. The quantitative estimate of drug-likeness (QED) is 0.571. The largest absolute Gasteiger partial charge is 0.369 e. The normalized spacial score (nSPS) is 40.0. The van der Waals surface area contributed by atoms with Gasteiger partial charge in [0.1, 0.15) is 5.37 Å². The van der Waals surface area contributed by atoms with E-state index in [1.54, 1.807) is 0 Å². The van der Waals surface area contributed by atoms with E-state index in [0.717, 1.165) is 5.04 Å². The van der Waals surface area contributed by atoms with Gasteiger partial charge in [-0.25, -0.2) is 4.99 Å². The van der Waals surface area contributed by atoms with Gasteiger partial charge >= 0.3 is 0 Å². The van der Waals surface area contributed by atoms with E-state index in [0.29, 0.717) is 5.92 Å². The summed E-state index contributed by atoms with van der Waals surface area (Å²) in [4.78, 5) is 4.04. The molecule has 2 atom stereocenters. The van der Waals surface area contributed by atoms with E-state index in [1.807, 2.05) is 0 Å². The van der Waals surface area contributed by atoms with Crippen molar-refractivity contribution in [2.75, 3.05) is 0 Å². The van der Waals surface area contributed by atoms with Crippen LogP contribution < -0.4 is 5.73 Å². The Balaban J connectivity index is 2.04. The minimum Gasteiger partial charge on any atom is -0.369 e. The number of hydrogen-bond donors (Lipinski definition) is 2. The Morgan fingerprint density at radius 3 is 2.70 bits per heavy atom. The molecule has 0 aromatic carbocycles. The highest BCUT2D eigenvalue weighted by Gasteiger charge is 2.35. The van der Waals surface area contributed by atoms with Crippen molar-refractivity contribution in [3.05, 3.63) is 0 Å². The minimum atomic E-state index is -0.652. The molecule has 1 heterocycles. The van der Waals surface area contributed by atoms with Crippen molar-refractivity contribution in [3.8, 4) is 0 Å². The summed E-state index contributed by atoms with van der Waals surface area (Å²) in [7, 11) is 0. The average Bonchev–Trinajstić information content (AvgIpc) is 2.64. The second kappa shape index (κ2) is 2.22. The van der Waals surface area contributed by atoms with Crippen LogP contribution in [-0.2, 0) is 0 Å². The number of aliphatic hydroxyl groups is 1. The van der Waals surface area contributed by atoms with Crippen LogP contribution >= 0.6 is 11.8 Å². The second-order valence-electron chi connectivity index (χ2n) is 2.74. The first-order chi connectivity index (χ1) is 4.77. The molecule has 1 saturated carbocycles. The summed E-state index contributed by atoms with van der Waals surface area (Å²) in [5.74, 6) is 0.633. The first-order valence-electron chi connectivity index (χ1n) is 3.45. The van der Waals surface area contributed by atoms with E-state index in [2.05, 4.69) is 4.99 Å². The molecule has 0 amide bonds. The summed E-state index contributed by atoms with van der Waals surface area (Å²) in [5.41, 5.74) is 5.53. The van der Waals surface area contributed by atoms with Crippen LogP contribution in [0, 0.1) is 5.92 Å². The highest BCUT2D eigenvalue weighted by atomic mass is 32.2. The number of rotatable bonds is 1. The maximum absolute atomic E-state index is 9.11. The lowest BCUT2D eigenvalue weighted by Crippen LogP contribution is -2.25. The predicted octanol–water partition coefficient (Wildman–Crippen LogP) is 0.145. The Morgan fingerprint density at radius 2 is 2.30 bits per heavy atom. The molecule has 1 fully saturated rings. The molecule has 56 valence electrons. The Bertz CT molecular complexity index is 179. The molecule has 2 rings (SSSR count). The molecule has 3 nitrogen and oxygen atoms in total. The van der Waals surface area contributed by atoms with Crippen molar-refractivity contribution in [2.45, 2.75) is 24.4 Å². The molecule has 2 aliphatic rings. The van der Waals surface area contributed by atoms with Crippen molar-refractivity contribution < 1.29 is 5.11 Å². The summed E-state index contributed by atoms with van der Waals surface area (Å²) >= 11 is 1.52. The summed E-state index contributed by atoms with van der Waals surface area (Å²) < 4.78 is 0. The smallest absolute Gasteiger partial charge is 0.170 e. The van der Waals surface area contributed by atoms with Gasteiger partial charge in [-0.3, -0.25) is 0 Å². The van der Waals surface area contributed by atoms with E-state index in [9.17, 15) is 0 Å². The summed E-state index contributed by atoms with van der Waals surface area (Å²) in [5, 5.41) is 9.97. The third-order valence-corrected chi connectivity index (χ3v) is 2.93. The molecular formula is C6H10N2OS. The van der Waals surface area contributed by atoms with Gasteiger partial charge in [-0.05, 0) is 12.8 Å². The van der Waals surface area contributed by atoms with Crippen molar-refractivity contribution in [1.82, 2.24) is 0 Å². The lowest BCUT2D eigenvalue weighted by Gasteiger charge is -2.02. The maximum atomic E-state index is 9.11. The average molecular weight is 158 g/mol. The van der Waals surface area contributed by atoms with E-state index < -0.39 is 6.23 Å². The molecule has 3 N–H and O–H groups in total. The molecule has 4 heteroatoms. The fraction of sp³-hybridized carbons (Fsp3) is 0.833. The van der Waals surface area contributed by atoms with Crippen molar-refractivity contribution >= 4 is 16.8 Å². The summed E-state index contributed by atoms with van der Waals surface area (Å²) in [6, 6.07) is 0. The van der Waals surface area contributed by atoms with Crippen LogP contribution in [-0.4, -0.2) is 21.8 Å². The monoisotopic (exact) mass is 158 g/mol. The summed E-state index contributed by atoms with van der Waals surface area (Å²) in [6.07, 6.45) is 1.80. The van der Waals surface area contributed by atoms with Gasteiger partial charge in [0.15, 0.2) is 6.23 Å². The SMILES string of the molecule is NC1SC(C2CC2)=NC1O. The van der Waals surface area contributed by atoms with E-state index in [1.165, 1.54) is 24.6 Å². The van der Waals surface area contributed by atoms with Crippen molar-refractivity contribution in [2.24, 2.45) is 16.6 Å². The van der Waals surface area contributed by atoms with Gasteiger partial charge in [-0.2, -0.15) is 0 Å². The molecule has 0 aromatic heterocycles. The standard InChI is InChI=1S/C6H10N2OS/c7-4-5(9)8-6(10-4)3-1-2-3/h3-5,9H,1-2,7H2. The number of hydrogen-bond acceptors (Lipinski definition) is 4. The minimum absolute atomic E-state index is 0.212. The predicted molar refractivity (Wildman–Crippen MR) is 41.7 cm³/mol. The third-order valence-electron chi connectivity index (χ3n) is 1.74. The molecule has 1 aliphatic carbocycles. The van der Waals surface area contributed by atoms with Gasteiger partial charge in [0.25, 0.3) is 0 Å².